The molecule has 0 fully saturated rings. The van der Waals surface area contributed by atoms with E-state index in [1.807, 2.05) is 37.3 Å². The van der Waals surface area contributed by atoms with Crippen molar-refractivity contribution in [1.29, 1.82) is 0 Å². The Hall–Kier alpha value is -3.07. The van der Waals surface area contributed by atoms with Crippen LogP contribution in [0.25, 0.3) is 11.6 Å². The number of thioether (sulfide) groups is 1. The number of rotatable bonds is 7. The standard InChI is InChI=1S/C22H26N4O4S/c1-5-10-17(19(27)23-15-11-7-6-8-12-15)31-20-25-24-18(16-13-9-14-29-16)26(20)21(28)30-22(2,3)4/h6-9,11-14,17H,5,10H2,1-4H3,(H,23,27). The van der Waals surface area contributed by atoms with Gasteiger partial charge in [0.25, 0.3) is 0 Å². The Bertz CT molecular complexity index is 1010. The number of nitrogens with zero attached hydrogens (tertiary/aromatic N) is 3. The largest absolute Gasteiger partial charge is 0.461 e. The maximum Gasteiger partial charge on any atom is 0.422 e. The summed E-state index contributed by atoms with van der Waals surface area (Å²) in [5.74, 6) is 0.433. The molecule has 31 heavy (non-hydrogen) atoms. The van der Waals surface area contributed by atoms with E-state index in [9.17, 15) is 9.59 Å². The van der Waals surface area contributed by atoms with E-state index in [1.165, 1.54) is 22.6 Å². The fourth-order valence-corrected chi connectivity index (χ4v) is 3.89. The third kappa shape index (κ3) is 5.97. The van der Waals surface area contributed by atoms with Gasteiger partial charge in [-0.05, 0) is 51.5 Å². The Balaban J connectivity index is 1.90. The molecular formula is C22H26N4O4S. The Kier molecular flexibility index (Phi) is 7.17. The molecule has 0 aliphatic heterocycles. The average molecular weight is 443 g/mol. The Morgan fingerprint density at radius 2 is 1.90 bits per heavy atom. The van der Waals surface area contributed by atoms with Gasteiger partial charge in [-0.25, -0.2) is 9.36 Å². The van der Waals surface area contributed by atoms with Gasteiger partial charge in [0.2, 0.25) is 16.9 Å². The highest BCUT2D eigenvalue weighted by Gasteiger charge is 2.30. The predicted octanol–water partition coefficient (Wildman–Crippen LogP) is 5.22. The van der Waals surface area contributed by atoms with Crippen molar-refractivity contribution in [2.75, 3.05) is 5.32 Å². The minimum Gasteiger partial charge on any atom is -0.461 e. The zero-order chi connectivity index (χ0) is 22.4. The summed E-state index contributed by atoms with van der Waals surface area (Å²) in [4.78, 5) is 25.9. The second-order valence-electron chi connectivity index (χ2n) is 7.85. The molecule has 2 heterocycles. The van der Waals surface area contributed by atoms with Gasteiger partial charge in [-0.15, -0.1) is 10.2 Å². The summed E-state index contributed by atoms with van der Waals surface area (Å²) in [6.45, 7) is 7.34. The van der Waals surface area contributed by atoms with E-state index in [-0.39, 0.29) is 16.9 Å². The highest BCUT2D eigenvalue weighted by Crippen LogP contribution is 2.30. The van der Waals surface area contributed by atoms with Crippen molar-refractivity contribution in [1.82, 2.24) is 14.8 Å². The van der Waals surface area contributed by atoms with Crippen LogP contribution in [0.3, 0.4) is 0 Å². The van der Waals surface area contributed by atoms with E-state index in [0.717, 1.165) is 6.42 Å². The second-order valence-corrected chi connectivity index (χ2v) is 9.02. The number of carbonyl (C=O) groups is 2. The average Bonchev–Trinajstić information content (AvgIpc) is 3.36. The molecule has 2 aromatic heterocycles. The van der Waals surface area contributed by atoms with Crippen LogP contribution < -0.4 is 5.32 Å². The van der Waals surface area contributed by atoms with E-state index < -0.39 is 16.9 Å². The predicted molar refractivity (Wildman–Crippen MR) is 119 cm³/mol. The quantitative estimate of drug-likeness (QED) is 0.501. The normalized spacial score (nSPS) is 12.4. The van der Waals surface area contributed by atoms with Crippen molar-refractivity contribution in [3.8, 4) is 11.6 Å². The first-order chi connectivity index (χ1) is 14.8. The van der Waals surface area contributed by atoms with Gasteiger partial charge >= 0.3 is 6.09 Å². The van der Waals surface area contributed by atoms with Gasteiger partial charge in [-0.2, -0.15) is 0 Å². The van der Waals surface area contributed by atoms with Crippen LogP contribution in [0.5, 0.6) is 0 Å². The molecule has 0 aliphatic carbocycles. The van der Waals surface area contributed by atoms with Gasteiger partial charge in [0, 0.05) is 5.69 Å². The van der Waals surface area contributed by atoms with E-state index in [4.69, 9.17) is 9.15 Å². The number of nitrogens with one attached hydrogen (secondary N) is 1. The summed E-state index contributed by atoms with van der Waals surface area (Å²) >= 11 is 1.17. The van der Waals surface area contributed by atoms with Crippen LogP contribution in [0.2, 0.25) is 0 Å². The van der Waals surface area contributed by atoms with Crippen LogP contribution in [0, 0.1) is 0 Å². The summed E-state index contributed by atoms with van der Waals surface area (Å²) in [6, 6.07) is 12.6. The molecule has 1 atom stereocenters. The number of furan rings is 1. The lowest BCUT2D eigenvalue weighted by atomic mass is 10.2. The molecule has 3 rings (SSSR count). The summed E-state index contributed by atoms with van der Waals surface area (Å²) in [5.41, 5.74) is -0.00360. The third-order valence-corrected chi connectivity index (χ3v) is 5.29. The molecule has 164 valence electrons. The lowest BCUT2D eigenvalue weighted by molar-refractivity contribution is -0.115. The van der Waals surface area contributed by atoms with Crippen LogP contribution in [0.1, 0.15) is 40.5 Å². The molecule has 0 spiro atoms. The van der Waals surface area contributed by atoms with Crippen molar-refractivity contribution in [3.05, 3.63) is 48.7 Å². The van der Waals surface area contributed by atoms with Crippen molar-refractivity contribution in [2.45, 2.75) is 56.5 Å². The van der Waals surface area contributed by atoms with Crippen molar-refractivity contribution in [2.24, 2.45) is 0 Å². The Morgan fingerprint density at radius 1 is 1.16 bits per heavy atom. The molecule has 3 aromatic rings. The maximum atomic E-state index is 13.0. The zero-order valence-corrected chi connectivity index (χ0v) is 18.8. The van der Waals surface area contributed by atoms with Crippen LogP contribution in [-0.4, -0.2) is 37.6 Å². The minimum absolute atomic E-state index is 0.170. The zero-order valence-electron chi connectivity index (χ0n) is 18.0. The molecular weight excluding hydrogens is 416 g/mol. The van der Waals surface area contributed by atoms with E-state index in [1.54, 1.807) is 32.9 Å². The number of hydrogen-bond acceptors (Lipinski definition) is 7. The van der Waals surface area contributed by atoms with Gasteiger partial charge < -0.3 is 14.5 Å². The molecule has 1 unspecified atom stereocenters. The van der Waals surface area contributed by atoms with Crippen molar-refractivity contribution < 1.29 is 18.7 Å². The molecule has 0 saturated heterocycles. The van der Waals surface area contributed by atoms with Gasteiger partial charge in [0.1, 0.15) is 5.60 Å². The minimum atomic E-state index is -0.711. The third-order valence-electron chi connectivity index (χ3n) is 4.08. The second kappa shape index (κ2) is 9.82. The number of aromatic nitrogens is 3. The molecule has 0 saturated carbocycles. The number of hydrogen-bond donors (Lipinski definition) is 1. The first-order valence-electron chi connectivity index (χ1n) is 10.0. The topological polar surface area (TPSA) is 99.2 Å². The van der Waals surface area contributed by atoms with Gasteiger partial charge in [-0.3, -0.25) is 4.79 Å². The summed E-state index contributed by atoms with van der Waals surface area (Å²) in [7, 11) is 0. The molecule has 9 heteroatoms. The fourth-order valence-electron chi connectivity index (χ4n) is 2.76. The number of benzene rings is 1. The number of amides is 1. The highest BCUT2D eigenvalue weighted by atomic mass is 32.2. The SMILES string of the molecule is CCCC(Sc1nnc(-c2ccco2)n1C(=O)OC(C)(C)C)C(=O)Nc1ccccc1. The van der Waals surface area contributed by atoms with Crippen LogP contribution in [0.4, 0.5) is 10.5 Å². The van der Waals surface area contributed by atoms with Crippen molar-refractivity contribution in [3.63, 3.8) is 0 Å². The molecule has 1 aromatic carbocycles. The summed E-state index contributed by atoms with van der Waals surface area (Å²) < 4.78 is 12.2. The first kappa shape index (κ1) is 22.6. The molecule has 1 amide bonds. The molecule has 1 N–H and O–H groups in total. The Labute approximate surface area is 185 Å². The smallest absolute Gasteiger partial charge is 0.422 e. The lowest BCUT2D eigenvalue weighted by Gasteiger charge is -2.21. The van der Waals surface area contributed by atoms with Crippen LogP contribution in [-0.2, 0) is 9.53 Å². The number of ether oxygens (including phenoxy) is 1. The van der Waals surface area contributed by atoms with Gasteiger partial charge in [0.05, 0.1) is 11.5 Å². The molecule has 0 aliphatic rings. The number of anilines is 1. The van der Waals surface area contributed by atoms with E-state index in [0.29, 0.717) is 17.9 Å². The van der Waals surface area contributed by atoms with Crippen molar-refractivity contribution >= 4 is 29.4 Å². The van der Waals surface area contributed by atoms with Crippen LogP contribution >= 0.6 is 11.8 Å². The monoisotopic (exact) mass is 442 g/mol. The summed E-state index contributed by atoms with van der Waals surface area (Å²) in [5, 5.41) is 11.0. The van der Waals surface area contributed by atoms with E-state index >= 15 is 0 Å². The molecule has 8 nitrogen and oxygen atoms in total. The first-order valence-corrected chi connectivity index (χ1v) is 10.9. The van der Waals surface area contributed by atoms with E-state index in [2.05, 4.69) is 15.5 Å². The van der Waals surface area contributed by atoms with Crippen LogP contribution in [0.15, 0.2) is 58.3 Å². The highest BCUT2D eigenvalue weighted by molar-refractivity contribution is 8.00. The van der Waals surface area contributed by atoms with Gasteiger partial charge in [-0.1, -0.05) is 43.3 Å². The summed E-state index contributed by atoms with van der Waals surface area (Å²) in [6.07, 6.45) is 2.24. The fraction of sp³-hybridized carbons (Fsp3) is 0.364. The maximum absolute atomic E-state index is 13.0. The number of para-hydroxylation sites is 1. The lowest BCUT2D eigenvalue weighted by Crippen LogP contribution is -2.29. The van der Waals surface area contributed by atoms with Gasteiger partial charge in [0.15, 0.2) is 5.76 Å². The number of carbonyl (C=O) groups excluding carboxylic acids is 2. The Morgan fingerprint density at radius 3 is 2.52 bits per heavy atom. The molecule has 0 bridgehead atoms. The molecule has 0 radical (unpaired) electrons.